The fourth-order valence-corrected chi connectivity index (χ4v) is 4.25. The molecule has 1 aromatic heterocycles. The van der Waals surface area contributed by atoms with Crippen molar-refractivity contribution in [1.29, 1.82) is 0 Å². The summed E-state index contributed by atoms with van der Waals surface area (Å²) in [5, 5.41) is 0.379. The SMILES string of the molecule is O=C1c2ccccc2C(=O)N1CCCc1c(-c2ccc(F)cc2)[nH]c2c(F)cc(F)cc12. The van der Waals surface area contributed by atoms with Crippen molar-refractivity contribution in [1.82, 2.24) is 9.88 Å². The normalized spacial score (nSPS) is 13.3. The number of carbonyl (C=O) groups is 2. The highest BCUT2D eigenvalue weighted by molar-refractivity contribution is 6.21. The van der Waals surface area contributed by atoms with Crippen LogP contribution in [0.1, 0.15) is 32.7 Å². The van der Waals surface area contributed by atoms with E-state index in [0.29, 0.717) is 46.2 Å². The van der Waals surface area contributed by atoms with Crippen LogP contribution < -0.4 is 0 Å². The quantitative estimate of drug-likeness (QED) is 0.423. The van der Waals surface area contributed by atoms with E-state index in [9.17, 15) is 22.8 Å². The van der Waals surface area contributed by atoms with Crippen molar-refractivity contribution in [3.8, 4) is 11.3 Å². The number of nitrogens with zero attached hydrogens (tertiary/aromatic N) is 1. The first-order valence-corrected chi connectivity index (χ1v) is 10.1. The molecule has 0 saturated carbocycles. The molecule has 0 radical (unpaired) electrons. The second kappa shape index (κ2) is 7.67. The second-order valence-electron chi connectivity index (χ2n) is 7.71. The number of halogens is 3. The van der Waals surface area contributed by atoms with Gasteiger partial charge in [0, 0.05) is 23.7 Å². The molecule has 4 aromatic rings. The summed E-state index contributed by atoms with van der Waals surface area (Å²) < 4.78 is 41.8. The first-order chi connectivity index (χ1) is 15.4. The van der Waals surface area contributed by atoms with Crippen LogP contribution in [-0.2, 0) is 6.42 Å². The molecule has 5 rings (SSSR count). The summed E-state index contributed by atoms with van der Waals surface area (Å²) in [6, 6.07) is 14.4. The van der Waals surface area contributed by atoms with Crippen molar-refractivity contribution >= 4 is 22.7 Å². The number of carbonyl (C=O) groups excluding carboxylic acids is 2. The van der Waals surface area contributed by atoms with E-state index < -0.39 is 17.5 Å². The van der Waals surface area contributed by atoms with Crippen molar-refractivity contribution in [3.05, 3.63) is 94.8 Å². The van der Waals surface area contributed by atoms with Crippen LogP contribution in [0.5, 0.6) is 0 Å². The van der Waals surface area contributed by atoms with Gasteiger partial charge in [-0.1, -0.05) is 12.1 Å². The number of aryl methyl sites for hydroxylation is 1. The van der Waals surface area contributed by atoms with E-state index in [2.05, 4.69) is 4.98 Å². The van der Waals surface area contributed by atoms with Gasteiger partial charge in [0.2, 0.25) is 0 Å². The second-order valence-corrected chi connectivity index (χ2v) is 7.71. The van der Waals surface area contributed by atoms with Crippen LogP contribution in [0.4, 0.5) is 13.2 Å². The van der Waals surface area contributed by atoms with Gasteiger partial charge in [-0.25, -0.2) is 13.2 Å². The first kappa shape index (κ1) is 20.1. The Labute approximate surface area is 181 Å². The zero-order valence-corrected chi connectivity index (χ0v) is 16.8. The van der Waals surface area contributed by atoms with Crippen molar-refractivity contribution in [3.63, 3.8) is 0 Å². The summed E-state index contributed by atoms with van der Waals surface area (Å²) in [5.41, 5.74) is 2.72. The van der Waals surface area contributed by atoms with Crippen LogP contribution in [0.3, 0.4) is 0 Å². The van der Waals surface area contributed by atoms with Gasteiger partial charge in [-0.15, -0.1) is 0 Å². The number of nitrogens with one attached hydrogen (secondary N) is 1. The third kappa shape index (κ3) is 3.26. The minimum Gasteiger partial charge on any atom is -0.352 e. The average molecular weight is 434 g/mol. The molecule has 7 heteroatoms. The molecule has 160 valence electrons. The van der Waals surface area contributed by atoms with Gasteiger partial charge in [-0.05, 0) is 66.4 Å². The van der Waals surface area contributed by atoms with Gasteiger partial charge in [-0.2, -0.15) is 0 Å². The summed E-state index contributed by atoms with van der Waals surface area (Å²) in [6.07, 6.45) is 0.744. The predicted octanol–water partition coefficient (Wildman–Crippen LogP) is 5.48. The number of amides is 2. The van der Waals surface area contributed by atoms with E-state index in [0.717, 1.165) is 6.07 Å². The van der Waals surface area contributed by atoms with E-state index in [1.165, 1.54) is 23.1 Å². The predicted molar refractivity (Wildman–Crippen MR) is 114 cm³/mol. The number of benzene rings is 3. The minimum atomic E-state index is -0.727. The molecule has 2 amide bonds. The summed E-state index contributed by atoms with van der Waals surface area (Å²) in [6.45, 7) is 0.166. The Balaban J connectivity index is 1.46. The zero-order chi connectivity index (χ0) is 22.4. The maximum atomic E-state index is 14.4. The van der Waals surface area contributed by atoms with Gasteiger partial charge in [0.15, 0.2) is 0 Å². The van der Waals surface area contributed by atoms with E-state index in [1.54, 1.807) is 36.4 Å². The summed E-state index contributed by atoms with van der Waals surface area (Å²) in [7, 11) is 0. The number of H-pyrrole nitrogens is 1. The number of hydrogen-bond acceptors (Lipinski definition) is 2. The molecular weight excluding hydrogens is 417 g/mol. The Morgan fingerprint density at radius 1 is 0.812 bits per heavy atom. The lowest BCUT2D eigenvalue weighted by Crippen LogP contribution is -2.30. The fraction of sp³-hybridized carbons (Fsp3) is 0.120. The highest BCUT2D eigenvalue weighted by atomic mass is 19.1. The van der Waals surface area contributed by atoms with Crippen molar-refractivity contribution in [2.75, 3.05) is 6.54 Å². The molecule has 32 heavy (non-hydrogen) atoms. The van der Waals surface area contributed by atoms with Crippen molar-refractivity contribution < 1.29 is 22.8 Å². The van der Waals surface area contributed by atoms with Crippen LogP contribution in [-0.4, -0.2) is 28.2 Å². The molecule has 1 aliphatic rings. The Morgan fingerprint density at radius 3 is 2.12 bits per heavy atom. The standard InChI is InChI=1S/C25H17F3N2O2/c26-15-9-7-14(8-10-15)22-17(20-12-16(27)13-21(28)23(20)29-22)6-3-11-30-24(31)18-4-1-2-5-19(18)25(30)32/h1-2,4-5,7-10,12-13,29H,3,6,11H2. The monoisotopic (exact) mass is 434 g/mol. The van der Waals surface area contributed by atoms with Crippen molar-refractivity contribution in [2.45, 2.75) is 12.8 Å². The topological polar surface area (TPSA) is 53.2 Å². The first-order valence-electron chi connectivity index (χ1n) is 10.1. The number of aromatic amines is 1. The number of imide groups is 1. The molecule has 0 unspecified atom stereocenters. The molecule has 0 fully saturated rings. The number of rotatable bonds is 5. The molecule has 0 saturated heterocycles. The van der Waals surface area contributed by atoms with Crippen LogP contribution in [0, 0.1) is 17.5 Å². The highest BCUT2D eigenvalue weighted by Gasteiger charge is 2.34. The summed E-state index contributed by atoms with van der Waals surface area (Å²) in [4.78, 5) is 29.4. The van der Waals surface area contributed by atoms with Gasteiger partial charge >= 0.3 is 0 Å². The maximum absolute atomic E-state index is 14.4. The van der Waals surface area contributed by atoms with E-state index >= 15 is 0 Å². The molecule has 1 aliphatic heterocycles. The van der Waals surface area contributed by atoms with Gasteiger partial charge in [0.25, 0.3) is 11.8 Å². The van der Waals surface area contributed by atoms with Crippen LogP contribution in [0.2, 0.25) is 0 Å². The third-order valence-corrected chi connectivity index (χ3v) is 5.75. The minimum absolute atomic E-state index is 0.154. The van der Waals surface area contributed by atoms with Gasteiger partial charge < -0.3 is 4.98 Å². The molecule has 4 nitrogen and oxygen atoms in total. The molecule has 1 N–H and O–H groups in total. The molecule has 0 aliphatic carbocycles. The average Bonchev–Trinajstić information content (AvgIpc) is 3.26. The summed E-state index contributed by atoms with van der Waals surface area (Å²) in [5.74, 6) is -2.54. The Bertz CT molecular complexity index is 1340. The Kier molecular flexibility index (Phi) is 4.81. The molecule has 2 heterocycles. The molecule has 0 atom stereocenters. The largest absolute Gasteiger partial charge is 0.352 e. The molecule has 3 aromatic carbocycles. The van der Waals surface area contributed by atoms with Gasteiger partial charge in [0.05, 0.1) is 16.6 Å². The number of fused-ring (bicyclic) bond motifs is 2. The Hall–Kier alpha value is -3.87. The molecule has 0 spiro atoms. The zero-order valence-electron chi connectivity index (χ0n) is 16.8. The Morgan fingerprint density at radius 2 is 1.47 bits per heavy atom. The maximum Gasteiger partial charge on any atom is 0.261 e. The van der Waals surface area contributed by atoms with E-state index in [-0.39, 0.29) is 23.9 Å². The van der Waals surface area contributed by atoms with Gasteiger partial charge in [0.1, 0.15) is 17.5 Å². The lowest BCUT2D eigenvalue weighted by molar-refractivity contribution is 0.0652. The van der Waals surface area contributed by atoms with Crippen molar-refractivity contribution in [2.24, 2.45) is 0 Å². The number of aromatic nitrogens is 1. The van der Waals surface area contributed by atoms with Gasteiger partial charge in [-0.3, -0.25) is 14.5 Å². The number of hydrogen-bond donors (Lipinski definition) is 1. The van der Waals surface area contributed by atoms with E-state index in [4.69, 9.17) is 0 Å². The lowest BCUT2D eigenvalue weighted by Gasteiger charge is -2.14. The smallest absolute Gasteiger partial charge is 0.261 e. The van der Waals surface area contributed by atoms with Crippen LogP contribution in [0.15, 0.2) is 60.7 Å². The van der Waals surface area contributed by atoms with Crippen LogP contribution in [0.25, 0.3) is 22.2 Å². The van der Waals surface area contributed by atoms with E-state index in [1.807, 2.05) is 0 Å². The van der Waals surface area contributed by atoms with Crippen LogP contribution >= 0.6 is 0 Å². The highest BCUT2D eigenvalue weighted by Crippen LogP contribution is 2.34. The third-order valence-electron chi connectivity index (χ3n) is 5.75. The molecule has 0 bridgehead atoms. The molecular formula is C25H17F3N2O2. The lowest BCUT2D eigenvalue weighted by atomic mass is 10.0. The summed E-state index contributed by atoms with van der Waals surface area (Å²) >= 11 is 0. The fourth-order valence-electron chi connectivity index (χ4n) is 4.25.